The smallest absolute Gasteiger partial charge is 0.189 e. The van der Waals surface area contributed by atoms with Crippen molar-refractivity contribution in [3.8, 4) is 5.75 Å². The van der Waals surface area contributed by atoms with Gasteiger partial charge in [0.05, 0.1) is 6.61 Å². The van der Waals surface area contributed by atoms with Crippen molar-refractivity contribution in [2.45, 2.75) is 13.0 Å². The zero-order valence-electron chi connectivity index (χ0n) is 7.75. The van der Waals surface area contributed by atoms with Gasteiger partial charge in [-0.15, -0.1) is 0 Å². The molecule has 1 aromatic rings. The van der Waals surface area contributed by atoms with Crippen LogP contribution in [0.2, 0.25) is 0 Å². The lowest BCUT2D eigenvalue weighted by atomic mass is 10.0. The molecule has 0 spiro atoms. The second-order valence-electron chi connectivity index (χ2n) is 3.15. The molecule has 0 saturated carbocycles. The molecule has 2 rings (SSSR count). The summed E-state index contributed by atoms with van der Waals surface area (Å²) < 4.78 is 23.7. The number of hydrogen-bond donors (Lipinski definition) is 1. The molecule has 1 heterocycles. The van der Waals surface area contributed by atoms with E-state index in [4.69, 9.17) is 15.2 Å². The molecule has 0 saturated heterocycles. The monoisotopic (exact) mass is 197 g/mol. The number of nitrogens with two attached hydrogens (primary N) is 1. The maximum atomic E-state index is 13.4. The Morgan fingerprint density at radius 1 is 1.43 bits per heavy atom. The van der Waals surface area contributed by atoms with Gasteiger partial charge in [0.1, 0.15) is 11.6 Å². The molecule has 2 N–H and O–H groups in total. The fourth-order valence-electron chi connectivity index (χ4n) is 1.60. The third kappa shape index (κ3) is 1.58. The molecule has 0 unspecified atom stereocenters. The second-order valence-corrected chi connectivity index (χ2v) is 3.15. The highest BCUT2D eigenvalue weighted by Gasteiger charge is 2.17. The Morgan fingerprint density at radius 2 is 2.29 bits per heavy atom. The number of fused-ring (bicyclic) bond motifs is 1. The van der Waals surface area contributed by atoms with Crippen LogP contribution in [0.1, 0.15) is 11.1 Å². The van der Waals surface area contributed by atoms with Crippen molar-refractivity contribution in [1.29, 1.82) is 0 Å². The molecule has 0 amide bonds. The molecule has 1 aliphatic rings. The SMILES string of the molecule is NCCc1c(F)ccc2c1COCO2. The summed E-state index contributed by atoms with van der Waals surface area (Å²) in [6, 6.07) is 3.04. The van der Waals surface area contributed by atoms with E-state index in [1.807, 2.05) is 0 Å². The summed E-state index contributed by atoms with van der Waals surface area (Å²) in [5.74, 6) is 0.476. The lowest BCUT2D eigenvalue weighted by Gasteiger charge is -2.20. The van der Waals surface area contributed by atoms with E-state index in [2.05, 4.69) is 0 Å². The third-order valence-corrected chi connectivity index (χ3v) is 2.27. The van der Waals surface area contributed by atoms with Gasteiger partial charge < -0.3 is 15.2 Å². The highest BCUT2D eigenvalue weighted by atomic mass is 19.1. The number of hydrogen-bond acceptors (Lipinski definition) is 3. The van der Waals surface area contributed by atoms with E-state index < -0.39 is 0 Å². The Balaban J connectivity index is 2.43. The Labute approximate surface area is 81.6 Å². The van der Waals surface area contributed by atoms with Crippen molar-refractivity contribution in [3.63, 3.8) is 0 Å². The molecule has 0 atom stereocenters. The molecule has 0 bridgehead atoms. The summed E-state index contributed by atoms with van der Waals surface area (Å²) in [4.78, 5) is 0. The molecule has 3 nitrogen and oxygen atoms in total. The van der Waals surface area contributed by atoms with Crippen molar-refractivity contribution < 1.29 is 13.9 Å². The van der Waals surface area contributed by atoms with Crippen LogP contribution in [0.3, 0.4) is 0 Å². The van der Waals surface area contributed by atoms with Crippen molar-refractivity contribution in [3.05, 3.63) is 29.1 Å². The van der Waals surface area contributed by atoms with Gasteiger partial charge in [0, 0.05) is 5.56 Å². The first-order valence-electron chi connectivity index (χ1n) is 4.54. The number of rotatable bonds is 2. The van der Waals surface area contributed by atoms with Gasteiger partial charge in [-0.1, -0.05) is 0 Å². The van der Waals surface area contributed by atoms with Crippen LogP contribution in [0, 0.1) is 5.82 Å². The molecule has 76 valence electrons. The number of benzene rings is 1. The minimum absolute atomic E-state index is 0.233. The van der Waals surface area contributed by atoms with Gasteiger partial charge in [-0.05, 0) is 30.7 Å². The zero-order chi connectivity index (χ0) is 9.97. The first-order valence-corrected chi connectivity index (χ1v) is 4.54. The first-order chi connectivity index (χ1) is 6.83. The van der Waals surface area contributed by atoms with E-state index in [0.29, 0.717) is 30.9 Å². The molecule has 0 aromatic heterocycles. The van der Waals surface area contributed by atoms with Crippen LogP contribution in [-0.2, 0) is 17.8 Å². The fourth-order valence-corrected chi connectivity index (χ4v) is 1.60. The summed E-state index contributed by atoms with van der Waals surface area (Å²) in [6.45, 7) is 1.07. The van der Waals surface area contributed by atoms with Gasteiger partial charge in [0.25, 0.3) is 0 Å². The zero-order valence-corrected chi connectivity index (χ0v) is 7.75. The van der Waals surface area contributed by atoms with Crippen LogP contribution >= 0.6 is 0 Å². The number of halogens is 1. The molecule has 0 radical (unpaired) electrons. The number of ether oxygens (including phenoxy) is 2. The standard InChI is InChI=1S/C10H12FNO2/c11-9-1-2-10-8(5-13-6-14-10)7(9)3-4-12/h1-2H,3-6,12H2. The van der Waals surface area contributed by atoms with Crippen molar-refractivity contribution >= 4 is 0 Å². The van der Waals surface area contributed by atoms with E-state index >= 15 is 0 Å². The average molecular weight is 197 g/mol. The first kappa shape index (κ1) is 9.43. The molecule has 4 heteroatoms. The minimum Gasteiger partial charge on any atom is -0.467 e. The minimum atomic E-state index is -0.233. The second kappa shape index (κ2) is 3.94. The molecule has 0 aliphatic carbocycles. The quantitative estimate of drug-likeness (QED) is 0.774. The van der Waals surface area contributed by atoms with Crippen LogP contribution in [0.4, 0.5) is 4.39 Å². The molecule has 14 heavy (non-hydrogen) atoms. The summed E-state index contributed by atoms with van der Waals surface area (Å²) in [5.41, 5.74) is 6.82. The van der Waals surface area contributed by atoms with Crippen LogP contribution in [0.25, 0.3) is 0 Å². The van der Waals surface area contributed by atoms with Gasteiger partial charge in [0.2, 0.25) is 0 Å². The Morgan fingerprint density at radius 3 is 3.07 bits per heavy atom. The van der Waals surface area contributed by atoms with E-state index in [1.54, 1.807) is 6.07 Å². The Kier molecular flexibility index (Phi) is 2.65. The van der Waals surface area contributed by atoms with Crippen LogP contribution in [-0.4, -0.2) is 13.3 Å². The largest absolute Gasteiger partial charge is 0.467 e. The predicted molar refractivity (Wildman–Crippen MR) is 49.4 cm³/mol. The topological polar surface area (TPSA) is 44.5 Å². The normalized spacial score (nSPS) is 14.7. The third-order valence-electron chi connectivity index (χ3n) is 2.27. The summed E-state index contributed by atoms with van der Waals surface area (Å²) in [7, 11) is 0. The highest BCUT2D eigenvalue weighted by Crippen LogP contribution is 2.28. The molecular weight excluding hydrogens is 185 g/mol. The van der Waals surface area contributed by atoms with E-state index in [-0.39, 0.29) is 12.6 Å². The van der Waals surface area contributed by atoms with Crippen molar-refractivity contribution in [1.82, 2.24) is 0 Å². The van der Waals surface area contributed by atoms with Gasteiger partial charge in [0.15, 0.2) is 6.79 Å². The van der Waals surface area contributed by atoms with Crippen molar-refractivity contribution in [2.75, 3.05) is 13.3 Å². The lowest BCUT2D eigenvalue weighted by molar-refractivity contribution is -0.0170. The van der Waals surface area contributed by atoms with Gasteiger partial charge in [-0.3, -0.25) is 0 Å². The predicted octanol–water partition coefficient (Wildman–Crippen LogP) is 1.19. The van der Waals surface area contributed by atoms with E-state index in [0.717, 1.165) is 5.56 Å². The lowest BCUT2D eigenvalue weighted by Crippen LogP contribution is -2.16. The average Bonchev–Trinajstić information content (AvgIpc) is 2.23. The van der Waals surface area contributed by atoms with Gasteiger partial charge in [-0.25, -0.2) is 4.39 Å². The van der Waals surface area contributed by atoms with Crippen LogP contribution in [0.5, 0.6) is 5.75 Å². The van der Waals surface area contributed by atoms with E-state index in [9.17, 15) is 4.39 Å². The van der Waals surface area contributed by atoms with Crippen molar-refractivity contribution in [2.24, 2.45) is 5.73 Å². The molecule has 1 aliphatic heterocycles. The molecular formula is C10H12FNO2. The van der Waals surface area contributed by atoms with Crippen LogP contribution in [0.15, 0.2) is 12.1 Å². The summed E-state index contributed by atoms with van der Waals surface area (Å²) in [5, 5.41) is 0. The maximum absolute atomic E-state index is 13.4. The maximum Gasteiger partial charge on any atom is 0.189 e. The summed E-state index contributed by atoms with van der Waals surface area (Å²) in [6.07, 6.45) is 0.516. The fraction of sp³-hybridized carbons (Fsp3) is 0.400. The molecule has 1 aromatic carbocycles. The molecule has 0 fully saturated rings. The summed E-state index contributed by atoms with van der Waals surface area (Å²) >= 11 is 0. The van der Waals surface area contributed by atoms with E-state index in [1.165, 1.54) is 6.07 Å². The van der Waals surface area contributed by atoms with Gasteiger partial charge in [-0.2, -0.15) is 0 Å². The van der Waals surface area contributed by atoms with Crippen LogP contribution < -0.4 is 10.5 Å². The van der Waals surface area contributed by atoms with Gasteiger partial charge >= 0.3 is 0 Å². The Hall–Kier alpha value is -1.13. The highest BCUT2D eigenvalue weighted by molar-refractivity contribution is 5.41. The Bertz CT molecular complexity index is 341.